The Morgan fingerprint density at radius 1 is 1.29 bits per heavy atom. The van der Waals surface area contributed by atoms with E-state index in [2.05, 4.69) is 20.8 Å². The van der Waals surface area contributed by atoms with E-state index in [1.807, 2.05) is 0 Å². The van der Waals surface area contributed by atoms with E-state index in [1.54, 1.807) is 0 Å². The van der Waals surface area contributed by atoms with Crippen molar-refractivity contribution in [1.82, 2.24) is 0 Å². The number of hydrogen-bond donors (Lipinski definition) is 0. The summed E-state index contributed by atoms with van der Waals surface area (Å²) in [6, 6.07) is 0. The second-order valence-corrected chi connectivity index (χ2v) is 3.10. The highest BCUT2D eigenvalue weighted by Gasteiger charge is 2.06. The lowest BCUT2D eigenvalue weighted by atomic mass is 9.91. The van der Waals surface area contributed by atoms with Crippen molar-refractivity contribution in [2.24, 2.45) is 5.41 Å². The minimum atomic E-state index is 0.425. The second kappa shape index (κ2) is 2.34. The molecule has 0 heteroatoms. The molecule has 0 saturated heterocycles. The molecule has 0 aromatic heterocycles. The van der Waals surface area contributed by atoms with Crippen molar-refractivity contribution in [3.8, 4) is 0 Å². The third-order valence-corrected chi connectivity index (χ3v) is 0.894. The first kappa shape index (κ1) is 7.00. The summed E-state index contributed by atoms with van der Waals surface area (Å²) in [7, 11) is 0. The molecule has 42 valence electrons. The van der Waals surface area contributed by atoms with Gasteiger partial charge in [0, 0.05) is 0 Å². The normalized spacial score (nSPS) is 12.0. The van der Waals surface area contributed by atoms with Crippen LogP contribution in [0.15, 0.2) is 0 Å². The maximum atomic E-state index is 5.31. The Morgan fingerprint density at radius 2 is 1.71 bits per heavy atom. The van der Waals surface area contributed by atoms with Crippen molar-refractivity contribution < 1.29 is 0 Å². The summed E-state index contributed by atoms with van der Waals surface area (Å²) in [5.41, 5.74) is 0.425. The molecule has 7 heavy (non-hydrogen) atoms. The summed E-state index contributed by atoms with van der Waals surface area (Å²) >= 11 is 0. The molecule has 0 saturated carbocycles. The van der Waals surface area contributed by atoms with Crippen molar-refractivity contribution in [3.05, 3.63) is 6.92 Å². The van der Waals surface area contributed by atoms with Gasteiger partial charge in [-0.25, -0.2) is 0 Å². The van der Waals surface area contributed by atoms with Crippen LogP contribution in [0.5, 0.6) is 0 Å². The van der Waals surface area contributed by atoms with Crippen molar-refractivity contribution in [2.45, 2.75) is 33.6 Å². The van der Waals surface area contributed by atoms with Crippen LogP contribution in [-0.4, -0.2) is 0 Å². The summed E-state index contributed by atoms with van der Waals surface area (Å²) in [5.74, 6) is 0. The van der Waals surface area contributed by atoms with E-state index in [9.17, 15) is 0 Å². The zero-order valence-electron chi connectivity index (χ0n) is 5.49. The molecule has 0 fully saturated rings. The van der Waals surface area contributed by atoms with Crippen molar-refractivity contribution in [1.29, 1.82) is 0 Å². The molecule has 0 rings (SSSR count). The van der Waals surface area contributed by atoms with Gasteiger partial charge in [-0.05, 0) is 25.2 Å². The lowest BCUT2D eigenvalue weighted by Gasteiger charge is -2.15. The maximum absolute atomic E-state index is 5.31. The predicted molar refractivity (Wildman–Crippen MR) is 33.0 cm³/mol. The standard InChI is InChI=1S/C7H14/c1-5-6-7(2,3)4/h1H,5-6H2,2-4H3. The van der Waals surface area contributed by atoms with Gasteiger partial charge < -0.3 is 0 Å². The highest BCUT2D eigenvalue weighted by molar-refractivity contribution is 4.60. The van der Waals surface area contributed by atoms with Crippen LogP contribution in [0.3, 0.4) is 0 Å². The molecule has 2 radical (unpaired) electrons. The van der Waals surface area contributed by atoms with Gasteiger partial charge >= 0.3 is 0 Å². The Hall–Kier alpha value is 0. The summed E-state index contributed by atoms with van der Waals surface area (Å²) in [6.07, 6.45) is 1.93. The molecular formula is C7H14. The van der Waals surface area contributed by atoms with Gasteiger partial charge in [0.2, 0.25) is 0 Å². The number of rotatable bonds is 1. The summed E-state index contributed by atoms with van der Waals surface area (Å²) in [6.45, 7) is 11.9. The van der Waals surface area contributed by atoms with Gasteiger partial charge in [-0.1, -0.05) is 20.8 Å². The van der Waals surface area contributed by atoms with Gasteiger partial charge in [0.05, 0.1) is 0 Å². The lowest BCUT2D eigenvalue weighted by Crippen LogP contribution is -2.02. The van der Waals surface area contributed by atoms with Gasteiger partial charge in [0.25, 0.3) is 0 Å². The van der Waals surface area contributed by atoms with Crippen LogP contribution in [0.25, 0.3) is 0 Å². The molecule has 0 heterocycles. The summed E-state index contributed by atoms with van der Waals surface area (Å²) < 4.78 is 0. The monoisotopic (exact) mass is 98.1 g/mol. The Labute approximate surface area is 46.9 Å². The molecule has 0 atom stereocenters. The van der Waals surface area contributed by atoms with Crippen LogP contribution in [-0.2, 0) is 0 Å². The minimum Gasteiger partial charge on any atom is -0.0602 e. The smallest absolute Gasteiger partial charge is 0.0352 e. The van der Waals surface area contributed by atoms with E-state index in [-0.39, 0.29) is 0 Å². The largest absolute Gasteiger partial charge is 0.0602 e. The third kappa shape index (κ3) is 6.00. The Kier molecular flexibility index (Phi) is 2.34. The highest BCUT2D eigenvalue weighted by atomic mass is 14.1. The first-order chi connectivity index (χ1) is 3.06. The van der Waals surface area contributed by atoms with E-state index >= 15 is 0 Å². The van der Waals surface area contributed by atoms with E-state index in [0.29, 0.717) is 5.41 Å². The molecule has 0 nitrogen and oxygen atoms in total. The molecule has 0 N–H and O–H groups in total. The van der Waals surface area contributed by atoms with Crippen LogP contribution < -0.4 is 0 Å². The fourth-order valence-corrected chi connectivity index (χ4v) is 0.433. The van der Waals surface area contributed by atoms with E-state index in [1.165, 1.54) is 0 Å². The first-order valence-electron chi connectivity index (χ1n) is 2.76. The Balaban J connectivity index is 3.15. The molecule has 0 aliphatic rings. The average Bonchev–Trinajstić information content (AvgIpc) is 1.30. The van der Waals surface area contributed by atoms with E-state index < -0.39 is 0 Å². The molecule has 0 aromatic carbocycles. The van der Waals surface area contributed by atoms with Gasteiger partial charge in [0.1, 0.15) is 0 Å². The van der Waals surface area contributed by atoms with Crippen LogP contribution in [0.4, 0.5) is 0 Å². The second-order valence-electron chi connectivity index (χ2n) is 3.10. The molecule has 0 bridgehead atoms. The van der Waals surface area contributed by atoms with E-state index in [4.69, 9.17) is 6.92 Å². The highest BCUT2D eigenvalue weighted by Crippen LogP contribution is 2.19. The SMILES string of the molecule is [CH]CCC(C)(C)C. The molecule has 0 spiro atoms. The van der Waals surface area contributed by atoms with E-state index in [0.717, 1.165) is 12.8 Å². The van der Waals surface area contributed by atoms with Gasteiger partial charge in [-0.15, -0.1) is 0 Å². The molecule has 0 aliphatic carbocycles. The minimum absolute atomic E-state index is 0.425. The molecule has 0 aromatic rings. The Bertz CT molecular complexity index is 38.5. The fourth-order valence-electron chi connectivity index (χ4n) is 0.433. The number of hydrogen-bond acceptors (Lipinski definition) is 0. The summed E-state index contributed by atoms with van der Waals surface area (Å²) in [5, 5.41) is 0. The van der Waals surface area contributed by atoms with Crippen LogP contribution in [0, 0.1) is 12.3 Å². The van der Waals surface area contributed by atoms with Gasteiger partial charge in [-0.3, -0.25) is 0 Å². The van der Waals surface area contributed by atoms with Crippen LogP contribution in [0.2, 0.25) is 0 Å². The predicted octanol–water partition coefficient (Wildman–Crippen LogP) is 2.52. The molecule has 0 aliphatic heterocycles. The van der Waals surface area contributed by atoms with Crippen molar-refractivity contribution in [2.75, 3.05) is 0 Å². The van der Waals surface area contributed by atoms with Crippen molar-refractivity contribution in [3.63, 3.8) is 0 Å². The topological polar surface area (TPSA) is 0 Å². The van der Waals surface area contributed by atoms with Gasteiger partial charge in [0.15, 0.2) is 0 Å². The van der Waals surface area contributed by atoms with Crippen LogP contribution >= 0.6 is 0 Å². The first-order valence-corrected chi connectivity index (χ1v) is 2.76. The molecular weight excluding hydrogens is 84.1 g/mol. The van der Waals surface area contributed by atoms with Gasteiger partial charge in [-0.2, -0.15) is 0 Å². The Morgan fingerprint density at radius 3 is 1.71 bits per heavy atom. The maximum Gasteiger partial charge on any atom is -0.0352 e. The zero-order chi connectivity index (χ0) is 5.91. The lowest BCUT2D eigenvalue weighted by molar-refractivity contribution is 0.381. The quantitative estimate of drug-likeness (QED) is 0.472. The fraction of sp³-hybridized carbons (Fsp3) is 0.857. The zero-order valence-corrected chi connectivity index (χ0v) is 5.49. The van der Waals surface area contributed by atoms with Crippen molar-refractivity contribution >= 4 is 0 Å². The summed E-state index contributed by atoms with van der Waals surface area (Å²) in [4.78, 5) is 0. The third-order valence-electron chi connectivity index (χ3n) is 0.894. The molecule has 0 unspecified atom stereocenters. The van der Waals surface area contributed by atoms with Crippen LogP contribution in [0.1, 0.15) is 33.6 Å². The average molecular weight is 98.2 g/mol. The molecule has 0 amide bonds.